The maximum Gasteiger partial charge on any atom is 0.283 e. The first-order valence-electron chi connectivity index (χ1n) is 11.0. The van der Waals surface area contributed by atoms with Crippen molar-refractivity contribution in [2.24, 2.45) is 10.1 Å². The van der Waals surface area contributed by atoms with Crippen LogP contribution >= 0.6 is 46.8 Å². The van der Waals surface area contributed by atoms with Gasteiger partial charge in [-0.2, -0.15) is 5.10 Å². The normalized spacial score (nSPS) is 11.5. The molecule has 182 valence electrons. The molecule has 0 aliphatic heterocycles. The lowest BCUT2D eigenvalue weighted by Gasteiger charge is -2.07. The Kier molecular flexibility index (Phi) is 7.52. The number of hydrogen-bond donors (Lipinski definition) is 1. The molecule has 5 aromatic rings. The predicted molar refractivity (Wildman–Crippen MR) is 155 cm³/mol. The number of nitrogens with one attached hydrogen (secondary N) is 1. The molecule has 2 aromatic heterocycles. The third-order valence-corrected chi connectivity index (χ3v) is 7.33. The molecule has 0 aliphatic rings. The zero-order chi connectivity index (χ0) is 25.8. The largest absolute Gasteiger partial charge is 0.290 e. The van der Waals surface area contributed by atoms with Crippen LogP contribution in [0.5, 0.6) is 0 Å². The zero-order valence-corrected chi connectivity index (χ0v) is 22.2. The quantitative estimate of drug-likeness (QED) is 0.100. The molecule has 3 aromatic carbocycles. The van der Waals surface area contributed by atoms with Crippen molar-refractivity contribution in [3.63, 3.8) is 0 Å². The Bertz CT molecular complexity index is 1730. The summed E-state index contributed by atoms with van der Waals surface area (Å²) in [5, 5.41) is 5.82. The number of halogens is 2. The van der Waals surface area contributed by atoms with Crippen molar-refractivity contribution in [3.05, 3.63) is 115 Å². The van der Waals surface area contributed by atoms with E-state index in [2.05, 4.69) is 20.5 Å². The van der Waals surface area contributed by atoms with Crippen molar-refractivity contribution >= 4 is 81.7 Å². The molecule has 10 heteroatoms. The minimum atomic E-state index is -0.437. The van der Waals surface area contributed by atoms with E-state index in [1.54, 1.807) is 22.9 Å². The van der Waals surface area contributed by atoms with Crippen molar-refractivity contribution in [1.29, 1.82) is 0 Å². The van der Waals surface area contributed by atoms with Gasteiger partial charge < -0.3 is 0 Å². The van der Waals surface area contributed by atoms with Crippen molar-refractivity contribution in [2.45, 2.75) is 0 Å². The summed E-state index contributed by atoms with van der Waals surface area (Å²) in [6.07, 6.45) is 3.05. The molecular formula is C27H17Cl2N5OS2. The van der Waals surface area contributed by atoms with Gasteiger partial charge in [-0.25, -0.2) is 10.4 Å². The molecule has 0 atom stereocenters. The zero-order valence-electron chi connectivity index (χ0n) is 19.0. The first-order chi connectivity index (χ1) is 18.0. The van der Waals surface area contributed by atoms with Gasteiger partial charge >= 0.3 is 0 Å². The van der Waals surface area contributed by atoms with E-state index in [0.29, 0.717) is 30.8 Å². The van der Waals surface area contributed by atoms with E-state index in [-0.39, 0.29) is 5.15 Å². The van der Waals surface area contributed by atoms with Gasteiger partial charge in [0.15, 0.2) is 3.95 Å². The van der Waals surface area contributed by atoms with Gasteiger partial charge in [0.1, 0.15) is 10.0 Å². The lowest BCUT2D eigenvalue weighted by Crippen LogP contribution is -2.18. The monoisotopic (exact) mass is 561 g/mol. The van der Waals surface area contributed by atoms with Crippen molar-refractivity contribution in [1.82, 2.24) is 15.0 Å². The molecule has 0 saturated heterocycles. The van der Waals surface area contributed by atoms with Gasteiger partial charge in [0.25, 0.3) is 5.91 Å². The van der Waals surface area contributed by atoms with E-state index in [1.165, 1.54) is 6.21 Å². The summed E-state index contributed by atoms with van der Waals surface area (Å²) in [6.45, 7) is 0. The summed E-state index contributed by atoms with van der Waals surface area (Å²) < 4.78 is 2.28. The molecule has 37 heavy (non-hydrogen) atoms. The van der Waals surface area contributed by atoms with Crippen LogP contribution in [-0.4, -0.2) is 27.9 Å². The summed E-state index contributed by atoms with van der Waals surface area (Å²) in [4.78, 5) is 22.5. The van der Waals surface area contributed by atoms with Crippen LogP contribution < -0.4 is 5.43 Å². The SMILES string of the molecule is O=C(N/N=C/c1cc2ccccc2nc1Cl)c1sc(=S)n(-c2ccccc2)c1C=Nc1ccccc1Cl. The highest BCUT2D eigenvalue weighted by molar-refractivity contribution is 7.73. The molecule has 0 bridgehead atoms. The topological polar surface area (TPSA) is 71.6 Å². The number of amides is 1. The molecule has 5 rings (SSSR count). The molecule has 0 saturated carbocycles. The molecule has 0 radical (unpaired) electrons. The van der Waals surface area contributed by atoms with Gasteiger partial charge in [-0.1, -0.05) is 83.1 Å². The fourth-order valence-corrected chi connectivity index (χ4v) is 5.27. The first-order valence-corrected chi connectivity index (χ1v) is 13.0. The number of benzene rings is 3. The summed E-state index contributed by atoms with van der Waals surface area (Å²) in [5.41, 5.74) is 5.82. The Labute approximate surface area is 231 Å². The number of thiazole rings is 1. The first kappa shape index (κ1) is 25.0. The maximum atomic E-state index is 13.2. The average Bonchev–Trinajstić information content (AvgIpc) is 3.25. The number of carbonyl (C=O) groups excluding carboxylic acids is 1. The minimum absolute atomic E-state index is 0.287. The third-order valence-electron chi connectivity index (χ3n) is 5.32. The van der Waals surface area contributed by atoms with Gasteiger partial charge in [0.05, 0.1) is 34.3 Å². The molecule has 1 amide bonds. The van der Waals surface area contributed by atoms with Crippen LogP contribution in [0.3, 0.4) is 0 Å². The highest BCUT2D eigenvalue weighted by Crippen LogP contribution is 2.27. The molecule has 1 N–H and O–H groups in total. The second kappa shape index (κ2) is 11.1. The number of aromatic nitrogens is 2. The average molecular weight is 563 g/mol. The van der Waals surface area contributed by atoms with E-state index in [9.17, 15) is 4.79 Å². The number of nitrogens with zero attached hydrogens (tertiary/aromatic N) is 4. The highest BCUT2D eigenvalue weighted by atomic mass is 35.5. The smallest absolute Gasteiger partial charge is 0.283 e. The summed E-state index contributed by atoms with van der Waals surface area (Å²) in [5.74, 6) is -0.437. The number of rotatable bonds is 6. The van der Waals surface area contributed by atoms with E-state index < -0.39 is 5.91 Å². The molecule has 0 unspecified atom stereocenters. The van der Waals surface area contributed by atoms with Crippen molar-refractivity contribution in [2.75, 3.05) is 0 Å². The molecule has 2 heterocycles. The fraction of sp³-hybridized carbons (Fsp3) is 0. The predicted octanol–water partition coefficient (Wildman–Crippen LogP) is 7.64. The van der Waals surface area contributed by atoms with E-state index in [4.69, 9.17) is 35.4 Å². The lowest BCUT2D eigenvalue weighted by molar-refractivity contribution is 0.0958. The lowest BCUT2D eigenvalue weighted by atomic mass is 10.2. The fourth-order valence-electron chi connectivity index (χ4n) is 3.58. The van der Waals surface area contributed by atoms with E-state index >= 15 is 0 Å². The Hall–Kier alpha value is -3.69. The van der Waals surface area contributed by atoms with Crippen LogP contribution in [0, 0.1) is 3.95 Å². The number of fused-ring (bicyclic) bond motifs is 1. The summed E-state index contributed by atoms with van der Waals surface area (Å²) in [6, 6.07) is 26.2. The number of hydrogen-bond acceptors (Lipinski definition) is 6. The van der Waals surface area contributed by atoms with E-state index in [0.717, 1.165) is 27.9 Å². The number of aliphatic imine (C=N–C) groups is 1. The Morgan fingerprint density at radius 3 is 2.51 bits per heavy atom. The van der Waals surface area contributed by atoms with Crippen LogP contribution in [-0.2, 0) is 0 Å². The molecule has 0 aliphatic carbocycles. The molecular weight excluding hydrogens is 545 g/mol. The number of pyridine rings is 1. The molecule has 6 nitrogen and oxygen atoms in total. The Morgan fingerprint density at radius 1 is 0.973 bits per heavy atom. The second-order valence-corrected chi connectivity index (χ2v) is 10.1. The van der Waals surface area contributed by atoms with Gasteiger partial charge in [0.2, 0.25) is 0 Å². The highest BCUT2D eigenvalue weighted by Gasteiger charge is 2.19. The number of carbonyl (C=O) groups is 1. The Morgan fingerprint density at radius 2 is 1.70 bits per heavy atom. The summed E-state index contributed by atoms with van der Waals surface area (Å²) >= 11 is 19.4. The van der Waals surface area contributed by atoms with Gasteiger partial charge in [-0.3, -0.25) is 14.4 Å². The van der Waals surface area contributed by atoms with Crippen LogP contribution in [0.15, 0.2) is 95.0 Å². The van der Waals surface area contributed by atoms with Gasteiger partial charge in [-0.05, 0) is 48.6 Å². The van der Waals surface area contributed by atoms with Crippen LogP contribution in [0.25, 0.3) is 16.6 Å². The summed E-state index contributed by atoms with van der Waals surface area (Å²) in [7, 11) is 0. The van der Waals surface area contributed by atoms with Crippen LogP contribution in [0.1, 0.15) is 20.9 Å². The number of hydrazone groups is 1. The van der Waals surface area contributed by atoms with Crippen LogP contribution in [0.2, 0.25) is 10.2 Å². The molecule has 0 spiro atoms. The van der Waals surface area contributed by atoms with Crippen molar-refractivity contribution in [3.8, 4) is 5.69 Å². The van der Waals surface area contributed by atoms with Crippen molar-refractivity contribution < 1.29 is 4.79 Å². The van der Waals surface area contributed by atoms with Crippen LogP contribution in [0.4, 0.5) is 5.69 Å². The minimum Gasteiger partial charge on any atom is -0.290 e. The second-order valence-electron chi connectivity index (χ2n) is 7.72. The third kappa shape index (κ3) is 5.52. The van der Waals surface area contributed by atoms with Gasteiger partial charge in [-0.15, -0.1) is 0 Å². The molecule has 0 fully saturated rings. The van der Waals surface area contributed by atoms with Gasteiger partial charge in [0, 0.05) is 16.6 Å². The van der Waals surface area contributed by atoms with E-state index in [1.807, 2.05) is 72.8 Å². The Balaban J connectivity index is 1.48. The number of para-hydroxylation sites is 3. The standard InChI is InChI=1S/C27H17Cl2N5OS2/c28-20-11-5-7-13-22(20)30-16-23-24(37-27(36)34(23)19-9-2-1-3-10-19)26(35)33-31-15-18-14-17-8-4-6-12-21(17)32-25(18)29/h1-16H,(H,33,35)/b30-16?,31-15+. The maximum absolute atomic E-state index is 13.2.